The number of hydrogen-bond donors (Lipinski definition) is 2. The third kappa shape index (κ3) is 4.74. The summed E-state index contributed by atoms with van der Waals surface area (Å²) in [6.07, 6.45) is 2.42. The van der Waals surface area contributed by atoms with E-state index in [0.717, 1.165) is 30.9 Å². The summed E-state index contributed by atoms with van der Waals surface area (Å²) >= 11 is 0. The molecule has 0 aromatic heterocycles. The molecule has 7 heteroatoms. The van der Waals surface area contributed by atoms with Crippen LogP contribution in [-0.4, -0.2) is 43.2 Å². The second kappa shape index (κ2) is 8.61. The van der Waals surface area contributed by atoms with Crippen molar-refractivity contribution < 1.29 is 18.3 Å². The lowest BCUT2D eigenvalue weighted by Crippen LogP contribution is -2.23. The van der Waals surface area contributed by atoms with E-state index in [9.17, 15) is 13.6 Å². The predicted molar refractivity (Wildman–Crippen MR) is 109 cm³/mol. The summed E-state index contributed by atoms with van der Waals surface area (Å²) in [5, 5.41) is 5.75. The first-order chi connectivity index (χ1) is 14.1. The number of alkyl halides is 1. The van der Waals surface area contributed by atoms with Crippen LogP contribution in [0.25, 0.3) is 5.57 Å². The molecule has 1 unspecified atom stereocenters. The second-order valence-corrected chi connectivity index (χ2v) is 7.26. The normalized spacial score (nSPS) is 20.0. The van der Waals surface area contributed by atoms with Crippen molar-refractivity contribution in [2.45, 2.75) is 19.0 Å². The molecule has 1 fully saturated rings. The van der Waals surface area contributed by atoms with Crippen LogP contribution in [0, 0.1) is 5.82 Å². The van der Waals surface area contributed by atoms with Crippen LogP contribution >= 0.6 is 0 Å². The fourth-order valence-electron chi connectivity index (χ4n) is 3.58. The molecule has 4 rings (SSSR count). The summed E-state index contributed by atoms with van der Waals surface area (Å²) in [6, 6.07) is 11.7. The van der Waals surface area contributed by atoms with E-state index in [0.29, 0.717) is 36.4 Å². The van der Waals surface area contributed by atoms with E-state index in [-0.39, 0.29) is 11.7 Å². The third-order valence-corrected chi connectivity index (χ3v) is 5.10. The minimum atomic E-state index is -0.684. The van der Waals surface area contributed by atoms with Gasteiger partial charge in [0.1, 0.15) is 17.7 Å². The van der Waals surface area contributed by atoms with Gasteiger partial charge in [0.15, 0.2) is 0 Å². The van der Waals surface area contributed by atoms with Crippen LogP contribution in [0.15, 0.2) is 48.7 Å². The number of likely N-dealkylation sites (tertiary alicyclic amines) is 1. The monoisotopic (exact) mass is 399 g/mol. The summed E-state index contributed by atoms with van der Waals surface area (Å²) in [6.45, 7) is 2.79. The summed E-state index contributed by atoms with van der Waals surface area (Å²) in [5.74, 6) is 0.100. The Morgan fingerprint density at radius 1 is 1.24 bits per heavy atom. The van der Waals surface area contributed by atoms with Crippen molar-refractivity contribution >= 4 is 22.9 Å². The SMILES string of the molecule is O=C1Nc2cc(F)ccc2C1=CNc1ccc(OCCCN2CCC(F)C2)cc1. The van der Waals surface area contributed by atoms with Crippen molar-refractivity contribution in [3.63, 3.8) is 0 Å². The summed E-state index contributed by atoms with van der Waals surface area (Å²) in [7, 11) is 0. The number of carbonyl (C=O) groups excluding carboxylic acids is 1. The Hall–Kier alpha value is -2.93. The number of nitrogens with zero attached hydrogens (tertiary/aromatic N) is 1. The lowest BCUT2D eigenvalue weighted by Gasteiger charge is -2.14. The minimum Gasteiger partial charge on any atom is -0.494 e. The number of benzene rings is 2. The molecular weight excluding hydrogens is 376 g/mol. The van der Waals surface area contributed by atoms with Crippen LogP contribution in [0.3, 0.4) is 0 Å². The van der Waals surface area contributed by atoms with E-state index in [4.69, 9.17) is 4.74 Å². The molecule has 0 spiro atoms. The Morgan fingerprint density at radius 3 is 2.83 bits per heavy atom. The topological polar surface area (TPSA) is 53.6 Å². The Morgan fingerprint density at radius 2 is 2.07 bits per heavy atom. The molecule has 0 aliphatic carbocycles. The van der Waals surface area contributed by atoms with Gasteiger partial charge in [-0.05, 0) is 55.3 Å². The molecule has 5 nitrogen and oxygen atoms in total. The van der Waals surface area contributed by atoms with Crippen molar-refractivity contribution in [1.29, 1.82) is 0 Å². The molecule has 2 heterocycles. The number of fused-ring (bicyclic) bond motifs is 1. The molecule has 2 aliphatic rings. The molecule has 2 aliphatic heterocycles. The van der Waals surface area contributed by atoms with Gasteiger partial charge in [-0.3, -0.25) is 4.79 Å². The van der Waals surface area contributed by atoms with Gasteiger partial charge < -0.3 is 20.3 Å². The zero-order chi connectivity index (χ0) is 20.2. The largest absolute Gasteiger partial charge is 0.494 e. The average Bonchev–Trinajstić information content (AvgIpc) is 3.26. The minimum absolute atomic E-state index is 0.268. The first-order valence-corrected chi connectivity index (χ1v) is 9.76. The number of nitrogens with one attached hydrogen (secondary N) is 2. The Bertz CT molecular complexity index is 915. The average molecular weight is 399 g/mol. The van der Waals surface area contributed by atoms with Gasteiger partial charge in [0, 0.05) is 37.1 Å². The number of anilines is 2. The molecule has 152 valence electrons. The Kier molecular flexibility index (Phi) is 5.76. The molecule has 2 aromatic carbocycles. The van der Waals surface area contributed by atoms with Crippen molar-refractivity contribution in [1.82, 2.24) is 4.90 Å². The fourth-order valence-corrected chi connectivity index (χ4v) is 3.58. The quantitative estimate of drug-likeness (QED) is 0.545. The van der Waals surface area contributed by atoms with Gasteiger partial charge in [0.05, 0.1) is 17.9 Å². The van der Waals surface area contributed by atoms with E-state index < -0.39 is 6.17 Å². The molecule has 29 heavy (non-hydrogen) atoms. The van der Waals surface area contributed by atoms with Gasteiger partial charge in [0.2, 0.25) is 0 Å². The standard InChI is InChI=1S/C22H23F2N3O2/c23-15-2-7-19-20(22(28)26-21(19)12-15)13-25-17-3-5-18(6-4-17)29-11-1-9-27-10-8-16(24)14-27/h2-7,12-13,16,25H,1,8-11,14H2,(H,26,28). The molecule has 2 N–H and O–H groups in total. The summed E-state index contributed by atoms with van der Waals surface area (Å²) < 4.78 is 32.2. The van der Waals surface area contributed by atoms with Crippen LogP contribution in [0.5, 0.6) is 5.75 Å². The zero-order valence-electron chi connectivity index (χ0n) is 16.0. The molecule has 0 radical (unpaired) electrons. The van der Waals surface area contributed by atoms with E-state index in [2.05, 4.69) is 15.5 Å². The maximum absolute atomic E-state index is 13.3. The van der Waals surface area contributed by atoms with E-state index in [1.807, 2.05) is 24.3 Å². The first kappa shape index (κ1) is 19.4. The number of amides is 1. The Labute approximate surface area is 168 Å². The highest BCUT2D eigenvalue weighted by molar-refractivity contribution is 6.31. The maximum atomic E-state index is 13.3. The molecule has 1 saturated heterocycles. The number of carbonyl (C=O) groups is 1. The van der Waals surface area contributed by atoms with E-state index in [1.54, 1.807) is 12.3 Å². The summed E-state index contributed by atoms with van der Waals surface area (Å²) in [4.78, 5) is 14.2. The van der Waals surface area contributed by atoms with Crippen molar-refractivity contribution in [3.8, 4) is 5.75 Å². The van der Waals surface area contributed by atoms with Crippen LogP contribution in [-0.2, 0) is 4.79 Å². The van der Waals surface area contributed by atoms with Crippen molar-refractivity contribution in [2.75, 3.05) is 36.9 Å². The first-order valence-electron chi connectivity index (χ1n) is 9.76. The van der Waals surface area contributed by atoms with Crippen LogP contribution in [0.2, 0.25) is 0 Å². The molecule has 1 amide bonds. The predicted octanol–water partition coefficient (Wildman–Crippen LogP) is 4.04. The number of hydrogen-bond acceptors (Lipinski definition) is 4. The number of ether oxygens (including phenoxy) is 1. The molecule has 0 saturated carbocycles. The number of halogens is 2. The lowest BCUT2D eigenvalue weighted by molar-refractivity contribution is -0.110. The highest BCUT2D eigenvalue weighted by Crippen LogP contribution is 2.32. The van der Waals surface area contributed by atoms with Gasteiger partial charge in [-0.2, -0.15) is 0 Å². The third-order valence-electron chi connectivity index (χ3n) is 5.10. The van der Waals surface area contributed by atoms with Gasteiger partial charge in [-0.25, -0.2) is 8.78 Å². The molecular formula is C22H23F2N3O2. The fraction of sp³-hybridized carbons (Fsp3) is 0.318. The maximum Gasteiger partial charge on any atom is 0.257 e. The van der Waals surface area contributed by atoms with Gasteiger partial charge >= 0.3 is 0 Å². The summed E-state index contributed by atoms with van der Waals surface area (Å²) in [5.41, 5.74) is 2.40. The van der Waals surface area contributed by atoms with Crippen molar-refractivity contribution in [2.24, 2.45) is 0 Å². The van der Waals surface area contributed by atoms with Gasteiger partial charge in [-0.15, -0.1) is 0 Å². The van der Waals surface area contributed by atoms with Crippen LogP contribution in [0.4, 0.5) is 20.2 Å². The van der Waals surface area contributed by atoms with Gasteiger partial charge in [0.25, 0.3) is 5.91 Å². The smallest absolute Gasteiger partial charge is 0.257 e. The van der Waals surface area contributed by atoms with Gasteiger partial charge in [-0.1, -0.05) is 0 Å². The highest BCUT2D eigenvalue weighted by atomic mass is 19.1. The Balaban J connectivity index is 1.28. The second-order valence-electron chi connectivity index (χ2n) is 7.26. The molecule has 0 bridgehead atoms. The van der Waals surface area contributed by atoms with Crippen molar-refractivity contribution in [3.05, 3.63) is 60.0 Å². The molecule has 2 aromatic rings. The van der Waals surface area contributed by atoms with E-state index in [1.165, 1.54) is 12.1 Å². The lowest BCUT2D eigenvalue weighted by atomic mass is 10.1. The highest BCUT2D eigenvalue weighted by Gasteiger charge is 2.24. The van der Waals surface area contributed by atoms with E-state index >= 15 is 0 Å². The number of rotatable bonds is 7. The van der Waals surface area contributed by atoms with Crippen LogP contribution in [0.1, 0.15) is 18.4 Å². The van der Waals surface area contributed by atoms with Crippen LogP contribution < -0.4 is 15.4 Å². The molecule has 1 atom stereocenters. The zero-order valence-corrected chi connectivity index (χ0v) is 16.0.